The maximum Gasteiger partial charge on any atom is 0.260 e. The topological polar surface area (TPSA) is 109 Å². The smallest absolute Gasteiger partial charge is 0.260 e. The van der Waals surface area contributed by atoms with Crippen LogP contribution in [0.2, 0.25) is 0 Å². The molecule has 0 radical (unpaired) electrons. The fourth-order valence-corrected chi connectivity index (χ4v) is 4.09. The molecule has 2 aromatic carbocycles. The summed E-state index contributed by atoms with van der Waals surface area (Å²) in [6.07, 6.45) is -0.268. The number of benzene rings is 2. The summed E-state index contributed by atoms with van der Waals surface area (Å²) in [5.74, 6) is 0.160. The molecule has 31 heavy (non-hydrogen) atoms. The number of hydrogen-bond acceptors (Lipinski definition) is 6. The van der Waals surface area contributed by atoms with Gasteiger partial charge in [0, 0.05) is 24.1 Å². The van der Waals surface area contributed by atoms with Crippen LogP contribution in [-0.4, -0.2) is 45.9 Å². The molecule has 0 fully saturated rings. The van der Waals surface area contributed by atoms with E-state index in [-0.39, 0.29) is 24.3 Å². The summed E-state index contributed by atoms with van der Waals surface area (Å²) in [5.41, 5.74) is 2.20. The second-order valence-corrected chi connectivity index (χ2v) is 7.42. The van der Waals surface area contributed by atoms with Crippen LogP contribution < -0.4 is 10.2 Å². The van der Waals surface area contributed by atoms with Crippen LogP contribution in [0, 0.1) is 6.92 Å². The van der Waals surface area contributed by atoms with Gasteiger partial charge in [-0.25, -0.2) is 0 Å². The average Bonchev–Trinajstić information content (AvgIpc) is 3.32. The number of carbonyl (C=O) groups is 3. The first-order chi connectivity index (χ1) is 15.0. The Morgan fingerprint density at radius 3 is 2.58 bits per heavy atom. The van der Waals surface area contributed by atoms with E-state index in [0.29, 0.717) is 47.1 Å². The van der Waals surface area contributed by atoms with E-state index >= 15 is 0 Å². The molecule has 9 heteroatoms. The first-order valence-electron chi connectivity index (χ1n) is 9.93. The van der Waals surface area contributed by atoms with E-state index in [1.54, 1.807) is 48.2 Å². The van der Waals surface area contributed by atoms with Crippen molar-refractivity contribution in [2.75, 3.05) is 18.0 Å². The Hall–Kier alpha value is -4.01. The van der Waals surface area contributed by atoms with Gasteiger partial charge in [0.2, 0.25) is 11.8 Å². The van der Waals surface area contributed by atoms with Crippen LogP contribution in [0.1, 0.15) is 44.2 Å². The van der Waals surface area contributed by atoms with Crippen LogP contribution in [0.4, 0.5) is 5.69 Å². The molecule has 5 rings (SSSR count). The second kappa shape index (κ2) is 7.35. The molecule has 0 bridgehead atoms. The minimum absolute atomic E-state index is 0.182. The van der Waals surface area contributed by atoms with Crippen molar-refractivity contribution in [1.82, 2.24) is 20.4 Å². The van der Waals surface area contributed by atoms with Gasteiger partial charge < -0.3 is 14.7 Å². The van der Waals surface area contributed by atoms with E-state index in [0.717, 1.165) is 0 Å². The van der Waals surface area contributed by atoms with Crippen molar-refractivity contribution in [3.63, 3.8) is 0 Å². The van der Waals surface area contributed by atoms with Crippen molar-refractivity contribution < 1.29 is 18.9 Å². The van der Waals surface area contributed by atoms with Crippen LogP contribution in [0.5, 0.6) is 0 Å². The number of hydrogen-bond donors (Lipinski definition) is 1. The summed E-state index contributed by atoms with van der Waals surface area (Å²) < 4.78 is 5.04. The van der Waals surface area contributed by atoms with Crippen molar-refractivity contribution in [1.29, 1.82) is 0 Å². The summed E-state index contributed by atoms with van der Waals surface area (Å²) >= 11 is 0. The Labute approximate surface area is 177 Å². The summed E-state index contributed by atoms with van der Waals surface area (Å²) in [6, 6.07) is 14.2. The van der Waals surface area contributed by atoms with E-state index in [2.05, 4.69) is 15.5 Å². The highest BCUT2D eigenvalue weighted by Crippen LogP contribution is 2.44. The standard InChI is InChI=1S/C22H19N5O4/c1-13-24-19(31-25-13)10-11-23-18(28)12-26-20-14-6-2-3-7-15(14)22(30)27(20)17-9-5-4-8-16(17)21(26)29/h2-9,20H,10-12H2,1H3,(H,23,28)/t20-/m1/s1. The fourth-order valence-electron chi connectivity index (χ4n) is 4.09. The maximum absolute atomic E-state index is 13.3. The lowest BCUT2D eigenvalue weighted by molar-refractivity contribution is -0.122. The third kappa shape index (κ3) is 3.14. The zero-order valence-electron chi connectivity index (χ0n) is 16.7. The molecule has 0 saturated carbocycles. The lowest BCUT2D eigenvalue weighted by atomic mass is 10.0. The molecule has 0 spiro atoms. The highest BCUT2D eigenvalue weighted by molar-refractivity contribution is 6.17. The monoisotopic (exact) mass is 417 g/mol. The number of aromatic nitrogens is 2. The Bertz CT molecular complexity index is 1200. The Morgan fingerprint density at radius 1 is 1.06 bits per heavy atom. The van der Waals surface area contributed by atoms with Gasteiger partial charge in [0.15, 0.2) is 5.82 Å². The van der Waals surface area contributed by atoms with Crippen LogP contribution in [-0.2, 0) is 11.2 Å². The van der Waals surface area contributed by atoms with Gasteiger partial charge in [-0.05, 0) is 25.1 Å². The van der Waals surface area contributed by atoms with E-state index in [1.807, 2.05) is 12.1 Å². The van der Waals surface area contributed by atoms with Crippen LogP contribution >= 0.6 is 0 Å². The minimum atomic E-state index is -0.657. The van der Waals surface area contributed by atoms with Crippen LogP contribution in [0.3, 0.4) is 0 Å². The first kappa shape index (κ1) is 19.0. The lowest BCUT2D eigenvalue weighted by Gasteiger charge is -2.40. The SMILES string of the molecule is Cc1noc(CCNC(=O)CN2C(=O)c3ccccc3N3C(=O)c4ccccc4[C@H]23)n1. The van der Waals surface area contributed by atoms with E-state index in [1.165, 1.54) is 4.90 Å². The maximum atomic E-state index is 13.3. The molecule has 3 amide bonds. The number of rotatable bonds is 5. The molecule has 3 aromatic rings. The van der Waals surface area contributed by atoms with Gasteiger partial charge in [0.25, 0.3) is 11.8 Å². The number of carbonyl (C=O) groups excluding carboxylic acids is 3. The van der Waals surface area contributed by atoms with Crippen molar-refractivity contribution in [3.05, 3.63) is 76.9 Å². The van der Waals surface area contributed by atoms with Gasteiger partial charge in [-0.3, -0.25) is 19.3 Å². The van der Waals surface area contributed by atoms with Crippen molar-refractivity contribution in [2.45, 2.75) is 19.5 Å². The van der Waals surface area contributed by atoms with Crippen LogP contribution in [0.15, 0.2) is 53.1 Å². The molecule has 156 valence electrons. The zero-order chi connectivity index (χ0) is 21.5. The number of aryl methyl sites for hydroxylation is 1. The van der Waals surface area contributed by atoms with Crippen molar-refractivity contribution in [3.8, 4) is 0 Å². The number of fused-ring (bicyclic) bond motifs is 5. The lowest BCUT2D eigenvalue weighted by Crippen LogP contribution is -2.51. The Morgan fingerprint density at radius 2 is 1.81 bits per heavy atom. The molecule has 0 unspecified atom stereocenters. The largest absolute Gasteiger partial charge is 0.354 e. The average molecular weight is 417 g/mol. The normalized spacial score (nSPS) is 16.7. The number of amides is 3. The van der Waals surface area contributed by atoms with Crippen LogP contribution in [0.25, 0.3) is 0 Å². The summed E-state index contributed by atoms with van der Waals surface area (Å²) in [4.78, 5) is 46.2. The highest BCUT2D eigenvalue weighted by Gasteiger charge is 2.47. The summed E-state index contributed by atoms with van der Waals surface area (Å²) in [5, 5.41) is 6.50. The number of para-hydroxylation sites is 1. The zero-order valence-corrected chi connectivity index (χ0v) is 16.7. The quantitative estimate of drug-likeness (QED) is 0.679. The molecule has 1 atom stereocenters. The van der Waals surface area contributed by atoms with Gasteiger partial charge in [-0.15, -0.1) is 0 Å². The minimum Gasteiger partial charge on any atom is -0.354 e. The molecule has 9 nitrogen and oxygen atoms in total. The molecule has 3 heterocycles. The van der Waals surface area contributed by atoms with Gasteiger partial charge in [0.05, 0.1) is 11.3 Å². The molecular weight excluding hydrogens is 398 g/mol. The van der Waals surface area contributed by atoms with Gasteiger partial charge in [-0.2, -0.15) is 4.98 Å². The first-order valence-corrected chi connectivity index (χ1v) is 9.93. The molecule has 2 aliphatic heterocycles. The molecular formula is C22H19N5O4. The third-order valence-corrected chi connectivity index (χ3v) is 5.43. The summed E-state index contributed by atoms with van der Waals surface area (Å²) in [6.45, 7) is 1.83. The second-order valence-electron chi connectivity index (χ2n) is 7.42. The predicted molar refractivity (Wildman–Crippen MR) is 109 cm³/mol. The van der Waals surface area contributed by atoms with Gasteiger partial charge in [0.1, 0.15) is 12.7 Å². The number of nitrogens with zero attached hydrogens (tertiary/aromatic N) is 4. The van der Waals surface area contributed by atoms with Crippen molar-refractivity contribution in [2.24, 2.45) is 0 Å². The van der Waals surface area contributed by atoms with E-state index in [4.69, 9.17) is 4.52 Å². The molecule has 1 aromatic heterocycles. The summed E-state index contributed by atoms with van der Waals surface area (Å²) in [7, 11) is 0. The van der Waals surface area contributed by atoms with Crippen molar-refractivity contribution >= 4 is 23.4 Å². The van der Waals surface area contributed by atoms with Gasteiger partial charge >= 0.3 is 0 Å². The Kier molecular flexibility index (Phi) is 4.50. The molecule has 0 aliphatic carbocycles. The number of nitrogens with one attached hydrogen (secondary N) is 1. The fraction of sp³-hybridized carbons (Fsp3) is 0.227. The van der Waals surface area contributed by atoms with E-state index in [9.17, 15) is 14.4 Å². The highest BCUT2D eigenvalue weighted by atomic mass is 16.5. The van der Waals surface area contributed by atoms with Gasteiger partial charge in [-0.1, -0.05) is 35.5 Å². The molecule has 2 aliphatic rings. The Balaban J connectivity index is 1.40. The number of anilines is 1. The molecule has 0 saturated heterocycles. The van der Waals surface area contributed by atoms with E-state index < -0.39 is 6.17 Å². The third-order valence-electron chi connectivity index (χ3n) is 5.43. The predicted octanol–water partition coefficient (Wildman–Crippen LogP) is 1.85. The molecule has 1 N–H and O–H groups in total.